The molecule has 1 aromatic heterocycles. The van der Waals surface area contributed by atoms with Crippen molar-refractivity contribution >= 4 is 22.6 Å². The molecule has 6 nitrogen and oxygen atoms in total. The molecule has 1 saturated heterocycles. The molecule has 1 aromatic carbocycles. The van der Waals surface area contributed by atoms with Gasteiger partial charge in [-0.2, -0.15) is 0 Å². The highest BCUT2D eigenvalue weighted by atomic mass is 19.1. The van der Waals surface area contributed by atoms with Crippen molar-refractivity contribution in [3.8, 4) is 0 Å². The number of carboxylic acids is 1. The number of nitrogens with zero attached hydrogens (tertiary/aromatic N) is 3. The predicted molar refractivity (Wildman–Crippen MR) is 109 cm³/mol. The second-order valence-electron chi connectivity index (χ2n) is 9.27. The first-order valence-electron chi connectivity index (χ1n) is 10.3. The van der Waals surface area contributed by atoms with Gasteiger partial charge in [0.1, 0.15) is 11.4 Å². The first-order chi connectivity index (χ1) is 13.7. The molecule has 7 heteroatoms. The lowest BCUT2D eigenvalue weighted by Crippen LogP contribution is -2.36. The number of hydrogen-bond donors (Lipinski definition) is 1. The largest absolute Gasteiger partial charge is 0.477 e. The Hall–Kier alpha value is -2.41. The first-order valence-corrected chi connectivity index (χ1v) is 10.3. The van der Waals surface area contributed by atoms with Gasteiger partial charge in [-0.05, 0) is 52.8 Å². The van der Waals surface area contributed by atoms with Crippen LogP contribution in [0, 0.1) is 18.2 Å². The van der Waals surface area contributed by atoms with Gasteiger partial charge in [-0.15, -0.1) is 0 Å². The molecule has 1 aliphatic heterocycles. The maximum atomic E-state index is 15.5. The Labute approximate surface area is 168 Å². The summed E-state index contributed by atoms with van der Waals surface area (Å²) >= 11 is 0. The Kier molecular flexibility index (Phi) is 3.88. The van der Waals surface area contributed by atoms with E-state index in [0.29, 0.717) is 17.2 Å². The number of hydrogen-bond acceptors (Lipinski definition) is 4. The van der Waals surface area contributed by atoms with E-state index >= 15 is 4.39 Å². The van der Waals surface area contributed by atoms with Crippen LogP contribution in [0.25, 0.3) is 10.9 Å². The van der Waals surface area contributed by atoms with E-state index in [4.69, 9.17) is 0 Å². The Morgan fingerprint density at radius 2 is 2.00 bits per heavy atom. The van der Waals surface area contributed by atoms with E-state index in [2.05, 4.69) is 23.9 Å². The van der Waals surface area contributed by atoms with Crippen molar-refractivity contribution in [2.45, 2.75) is 44.7 Å². The quantitative estimate of drug-likeness (QED) is 0.856. The van der Waals surface area contributed by atoms with Gasteiger partial charge in [0, 0.05) is 42.3 Å². The van der Waals surface area contributed by atoms with Crippen LogP contribution in [0.4, 0.5) is 10.1 Å². The fourth-order valence-corrected chi connectivity index (χ4v) is 5.19. The Bertz CT molecular complexity index is 1100. The van der Waals surface area contributed by atoms with Gasteiger partial charge >= 0.3 is 5.97 Å². The fourth-order valence-electron chi connectivity index (χ4n) is 5.19. The molecule has 1 spiro atoms. The van der Waals surface area contributed by atoms with Crippen molar-refractivity contribution in [1.82, 2.24) is 9.47 Å². The van der Waals surface area contributed by atoms with E-state index in [9.17, 15) is 14.7 Å². The van der Waals surface area contributed by atoms with Crippen molar-refractivity contribution < 1.29 is 14.3 Å². The average molecular weight is 399 g/mol. The third-order valence-electron chi connectivity index (χ3n) is 7.11. The van der Waals surface area contributed by atoms with Gasteiger partial charge < -0.3 is 19.5 Å². The monoisotopic (exact) mass is 399 g/mol. The van der Waals surface area contributed by atoms with Gasteiger partial charge in [0.05, 0.1) is 16.6 Å². The van der Waals surface area contributed by atoms with Crippen molar-refractivity contribution in [3.63, 3.8) is 0 Å². The summed E-state index contributed by atoms with van der Waals surface area (Å²) in [7, 11) is 4.16. The molecule has 2 aromatic rings. The number of aromatic nitrogens is 1. The standard InChI is InChI=1S/C22H26FN3O3/c1-12-18-15(26(13-4-5-13)9-14(20(18)27)21(28)29)8-16(19(12)23)25-10-17(24(2)3)22(11-25)6-7-22/h8-9,13,17H,4-7,10-11H2,1-3H3,(H,28,29)/t17-/m0/s1. The number of benzene rings is 1. The van der Waals surface area contributed by atoms with Crippen molar-refractivity contribution in [1.29, 1.82) is 0 Å². The van der Waals surface area contributed by atoms with Crippen LogP contribution >= 0.6 is 0 Å². The number of anilines is 1. The van der Waals surface area contributed by atoms with Crippen LogP contribution in [0.5, 0.6) is 0 Å². The number of carboxylic acid groups (broad SMARTS) is 1. The van der Waals surface area contributed by atoms with Crippen LogP contribution in [0.3, 0.4) is 0 Å². The predicted octanol–water partition coefficient (Wildman–Crippen LogP) is 3.01. The third kappa shape index (κ3) is 2.70. The highest BCUT2D eigenvalue weighted by molar-refractivity contribution is 5.95. The van der Waals surface area contributed by atoms with Crippen LogP contribution < -0.4 is 10.3 Å². The average Bonchev–Trinajstić information content (AvgIpc) is 3.56. The van der Waals surface area contributed by atoms with Gasteiger partial charge in [0.25, 0.3) is 0 Å². The molecule has 1 atom stereocenters. The van der Waals surface area contributed by atoms with Gasteiger partial charge in [0.15, 0.2) is 0 Å². The molecular weight excluding hydrogens is 373 g/mol. The SMILES string of the molecule is Cc1c(F)c(N2C[C@H](N(C)C)C3(CC3)C2)cc2c1c(=O)c(C(=O)O)cn2C1CC1. The highest BCUT2D eigenvalue weighted by Gasteiger charge is 2.56. The van der Waals surface area contributed by atoms with E-state index in [1.165, 1.54) is 6.20 Å². The summed E-state index contributed by atoms with van der Waals surface area (Å²) in [6, 6.07) is 2.34. The van der Waals surface area contributed by atoms with Crippen molar-refractivity contribution in [2.75, 3.05) is 32.1 Å². The Morgan fingerprint density at radius 3 is 2.52 bits per heavy atom. The van der Waals surface area contributed by atoms with Crippen LogP contribution in [0.2, 0.25) is 0 Å². The van der Waals surface area contributed by atoms with E-state index in [-0.39, 0.29) is 28.0 Å². The lowest BCUT2D eigenvalue weighted by Gasteiger charge is -2.25. The van der Waals surface area contributed by atoms with Crippen molar-refractivity contribution in [2.24, 2.45) is 5.41 Å². The molecule has 0 amide bonds. The van der Waals surface area contributed by atoms with Gasteiger partial charge in [-0.25, -0.2) is 9.18 Å². The minimum atomic E-state index is -1.26. The third-order valence-corrected chi connectivity index (χ3v) is 7.11. The smallest absolute Gasteiger partial charge is 0.341 e. The number of pyridine rings is 1. The zero-order valence-electron chi connectivity index (χ0n) is 17.0. The number of fused-ring (bicyclic) bond motifs is 1. The summed E-state index contributed by atoms with van der Waals surface area (Å²) in [6.45, 7) is 3.17. The summed E-state index contributed by atoms with van der Waals surface area (Å²) in [6.07, 6.45) is 5.65. The summed E-state index contributed by atoms with van der Waals surface area (Å²) in [5.41, 5.74) is 0.779. The van der Waals surface area contributed by atoms with Crippen LogP contribution in [-0.2, 0) is 0 Å². The molecule has 1 N–H and O–H groups in total. The number of rotatable bonds is 4. The van der Waals surface area contributed by atoms with Crippen LogP contribution in [0.15, 0.2) is 17.1 Å². The molecule has 29 heavy (non-hydrogen) atoms. The molecule has 0 radical (unpaired) electrons. The molecule has 2 aliphatic carbocycles. The lowest BCUT2D eigenvalue weighted by atomic mass is 10.0. The van der Waals surface area contributed by atoms with Gasteiger partial charge in [-0.3, -0.25) is 4.79 Å². The Morgan fingerprint density at radius 1 is 1.31 bits per heavy atom. The normalized spacial score (nSPS) is 22.8. The fraction of sp³-hybridized carbons (Fsp3) is 0.545. The summed E-state index contributed by atoms with van der Waals surface area (Å²) in [5, 5.41) is 9.66. The zero-order chi connectivity index (χ0) is 20.7. The molecule has 154 valence electrons. The number of halogens is 1. The van der Waals surface area contributed by atoms with E-state index < -0.39 is 17.2 Å². The minimum Gasteiger partial charge on any atom is -0.477 e. The summed E-state index contributed by atoms with van der Waals surface area (Å²) in [4.78, 5) is 28.8. The number of aromatic carboxylic acids is 1. The topological polar surface area (TPSA) is 65.8 Å². The number of aryl methyl sites for hydroxylation is 1. The van der Waals surface area contributed by atoms with E-state index in [0.717, 1.165) is 38.8 Å². The Balaban J connectivity index is 1.70. The molecular formula is C22H26FN3O3. The second kappa shape index (κ2) is 6.05. The minimum absolute atomic E-state index is 0.178. The number of carbonyl (C=O) groups is 1. The van der Waals surface area contributed by atoms with Crippen LogP contribution in [0.1, 0.15) is 47.6 Å². The van der Waals surface area contributed by atoms with E-state index in [1.54, 1.807) is 13.0 Å². The van der Waals surface area contributed by atoms with Gasteiger partial charge in [-0.1, -0.05) is 0 Å². The highest BCUT2D eigenvalue weighted by Crippen LogP contribution is 2.55. The summed E-state index contributed by atoms with van der Waals surface area (Å²) < 4.78 is 17.4. The lowest BCUT2D eigenvalue weighted by molar-refractivity contribution is 0.0695. The van der Waals surface area contributed by atoms with Gasteiger partial charge in [0.2, 0.25) is 5.43 Å². The molecule has 3 fully saturated rings. The van der Waals surface area contributed by atoms with Crippen LogP contribution in [-0.4, -0.2) is 53.8 Å². The van der Waals surface area contributed by atoms with E-state index in [1.807, 2.05) is 4.57 Å². The molecule has 2 heterocycles. The number of likely N-dealkylation sites (N-methyl/N-ethyl adjacent to an activating group) is 1. The zero-order valence-corrected chi connectivity index (χ0v) is 17.0. The van der Waals surface area contributed by atoms with Crippen molar-refractivity contribution in [3.05, 3.63) is 39.4 Å². The summed E-state index contributed by atoms with van der Waals surface area (Å²) in [5.74, 6) is -1.67. The molecule has 0 unspecified atom stereocenters. The molecule has 5 rings (SSSR count). The second-order valence-corrected chi connectivity index (χ2v) is 9.27. The molecule has 3 aliphatic rings. The first kappa shape index (κ1) is 18.6. The maximum Gasteiger partial charge on any atom is 0.341 e. The molecule has 2 saturated carbocycles. The maximum absolute atomic E-state index is 15.5. The molecule has 0 bridgehead atoms.